The van der Waals surface area contributed by atoms with Crippen molar-refractivity contribution in [2.45, 2.75) is 26.3 Å². The standard InChI is InChI=1S/C17H24N4/c1-4-5-11-20(2)16-12-17(19-14-18-16)21(3)13-15-9-7-6-8-10-15/h6-10,12,14H,4-5,11,13H2,1-3H3. The van der Waals surface area contributed by atoms with E-state index in [0.717, 1.165) is 24.7 Å². The van der Waals surface area contributed by atoms with Crippen molar-refractivity contribution in [3.05, 3.63) is 48.3 Å². The molecule has 112 valence electrons. The highest BCUT2D eigenvalue weighted by Crippen LogP contribution is 2.17. The maximum Gasteiger partial charge on any atom is 0.134 e. The second kappa shape index (κ2) is 7.62. The molecule has 1 aromatic heterocycles. The van der Waals surface area contributed by atoms with Gasteiger partial charge in [0, 0.05) is 33.3 Å². The monoisotopic (exact) mass is 284 g/mol. The number of hydrogen-bond donors (Lipinski definition) is 0. The van der Waals surface area contributed by atoms with E-state index in [1.165, 1.54) is 18.4 Å². The van der Waals surface area contributed by atoms with E-state index in [2.05, 4.69) is 71.1 Å². The molecule has 2 rings (SSSR count). The van der Waals surface area contributed by atoms with Crippen molar-refractivity contribution >= 4 is 11.6 Å². The average Bonchev–Trinajstić information content (AvgIpc) is 2.53. The maximum atomic E-state index is 4.39. The van der Waals surface area contributed by atoms with Crippen LogP contribution in [-0.2, 0) is 6.54 Å². The van der Waals surface area contributed by atoms with Crippen molar-refractivity contribution in [1.82, 2.24) is 9.97 Å². The molecule has 0 aliphatic carbocycles. The van der Waals surface area contributed by atoms with Crippen LogP contribution in [0.5, 0.6) is 0 Å². The molecule has 0 bridgehead atoms. The molecule has 0 saturated carbocycles. The Morgan fingerprint density at radius 1 is 0.952 bits per heavy atom. The van der Waals surface area contributed by atoms with E-state index in [1.807, 2.05) is 6.07 Å². The predicted molar refractivity (Wildman–Crippen MR) is 88.8 cm³/mol. The molecule has 1 aromatic carbocycles. The molecule has 0 amide bonds. The Bertz CT molecular complexity index is 541. The normalized spacial score (nSPS) is 10.4. The van der Waals surface area contributed by atoms with Gasteiger partial charge in [0.1, 0.15) is 18.0 Å². The summed E-state index contributed by atoms with van der Waals surface area (Å²) in [5.74, 6) is 1.93. The van der Waals surface area contributed by atoms with Gasteiger partial charge in [-0.3, -0.25) is 0 Å². The van der Waals surface area contributed by atoms with Crippen LogP contribution in [0.15, 0.2) is 42.7 Å². The zero-order valence-corrected chi connectivity index (χ0v) is 13.2. The van der Waals surface area contributed by atoms with Crippen LogP contribution in [0.3, 0.4) is 0 Å². The van der Waals surface area contributed by atoms with Gasteiger partial charge < -0.3 is 9.80 Å². The quantitative estimate of drug-likeness (QED) is 0.780. The number of hydrogen-bond acceptors (Lipinski definition) is 4. The zero-order chi connectivity index (χ0) is 15.1. The Morgan fingerprint density at radius 3 is 2.29 bits per heavy atom. The van der Waals surface area contributed by atoms with Gasteiger partial charge >= 0.3 is 0 Å². The van der Waals surface area contributed by atoms with Gasteiger partial charge in [0.2, 0.25) is 0 Å². The zero-order valence-electron chi connectivity index (χ0n) is 13.2. The minimum absolute atomic E-state index is 0.843. The lowest BCUT2D eigenvalue weighted by molar-refractivity contribution is 0.757. The van der Waals surface area contributed by atoms with Crippen LogP contribution in [-0.4, -0.2) is 30.6 Å². The first-order valence-electron chi connectivity index (χ1n) is 7.49. The van der Waals surface area contributed by atoms with E-state index in [0.29, 0.717) is 0 Å². The van der Waals surface area contributed by atoms with Crippen molar-refractivity contribution in [2.75, 3.05) is 30.4 Å². The van der Waals surface area contributed by atoms with Crippen molar-refractivity contribution in [2.24, 2.45) is 0 Å². The molecular formula is C17H24N4. The van der Waals surface area contributed by atoms with E-state index in [-0.39, 0.29) is 0 Å². The van der Waals surface area contributed by atoms with Gasteiger partial charge in [0.25, 0.3) is 0 Å². The molecule has 2 aromatic rings. The van der Waals surface area contributed by atoms with E-state index >= 15 is 0 Å². The van der Waals surface area contributed by atoms with Crippen LogP contribution in [0.2, 0.25) is 0 Å². The van der Waals surface area contributed by atoms with Crippen molar-refractivity contribution in [1.29, 1.82) is 0 Å². The molecule has 0 aliphatic heterocycles. The SMILES string of the molecule is CCCCN(C)c1cc(N(C)Cc2ccccc2)ncn1. The molecular weight excluding hydrogens is 260 g/mol. The highest BCUT2D eigenvalue weighted by Gasteiger charge is 2.08. The molecule has 21 heavy (non-hydrogen) atoms. The number of aromatic nitrogens is 2. The number of rotatable bonds is 7. The van der Waals surface area contributed by atoms with Gasteiger partial charge in [-0.1, -0.05) is 43.7 Å². The third-order valence-electron chi connectivity index (χ3n) is 3.53. The maximum absolute atomic E-state index is 4.39. The third kappa shape index (κ3) is 4.45. The van der Waals surface area contributed by atoms with Crippen LogP contribution in [0.1, 0.15) is 25.3 Å². The summed E-state index contributed by atoms with van der Waals surface area (Å²) in [6.45, 7) is 4.07. The molecule has 0 fully saturated rings. The van der Waals surface area contributed by atoms with E-state index in [1.54, 1.807) is 6.33 Å². The van der Waals surface area contributed by atoms with Crippen LogP contribution >= 0.6 is 0 Å². The third-order valence-corrected chi connectivity index (χ3v) is 3.53. The van der Waals surface area contributed by atoms with E-state index < -0.39 is 0 Å². The Balaban J connectivity index is 2.06. The first-order valence-corrected chi connectivity index (χ1v) is 7.49. The summed E-state index contributed by atoms with van der Waals surface area (Å²) < 4.78 is 0. The van der Waals surface area contributed by atoms with Gasteiger partial charge in [0.15, 0.2) is 0 Å². The van der Waals surface area contributed by atoms with Crippen LogP contribution in [0, 0.1) is 0 Å². The fraction of sp³-hybridized carbons (Fsp3) is 0.412. The Labute approximate surface area is 127 Å². The highest BCUT2D eigenvalue weighted by molar-refractivity contribution is 5.49. The van der Waals surface area contributed by atoms with Crippen LogP contribution in [0.25, 0.3) is 0 Å². The number of benzene rings is 1. The van der Waals surface area contributed by atoms with Crippen molar-refractivity contribution < 1.29 is 0 Å². The topological polar surface area (TPSA) is 32.3 Å². The summed E-state index contributed by atoms with van der Waals surface area (Å²) in [7, 11) is 4.14. The first-order chi connectivity index (χ1) is 10.2. The van der Waals surface area contributed by atoms with Gasteiger partial charge in [-0.25, -0.2) is 9.97 Å². The second-order valence-corrected chi connectivity index (χ2v) is 5.35. The molecule has 0 N–H and O–H groups in total. The highest BCUT2D eigenvalue weighted by atomic mass is 15.2. The Hall–Kier alpha value is -2.10. The van der Waals surface area contributed by atoms with Crippen molar-refractivity contribution in [3.8, 4) is 0 Å². The lowest BCUT2D eigenvalue weighted by Crippen LogP contribution is -2.22. The molecule has 0 saturated heterocycles. The summed E-state index contributed by atoms with van der Waals surface area (Å²) in [5.41, 5.74) is 1.28. The van der Waals surface area contributed by atoms with Gasteiger partial charge in [0.05, 0.1) is 0 Å². The van der Waals surface area contributed by atoms with Gasteiger partial charge in [-0.2, -0.15) is 0 Å². The molecule has 4 nitrogen and oxygen atoms in total. The van der Waals surface area contributed by atoms with Crippen LogP contribution < -0.4 is 9.80 Å². The van der Waals surface area contributed by atoms with E-state index in [9.17, 15) is 0 Å². The van der Waals surface area contributed by atoms with E-state index in [4.69, 9.17) is 0 Å². The first kappa shape index (κ1) is 15.3. The molecule has 4 heteroatoms. The number of anilines is 2. The lowest BCUT2D eigenvalue weighted by Gasteiger charge is -2.22. The summed E-state index contributed by atoms with van der Waals surface area (Å²) in [6.07, 6.45) is 4.01. The molecule has 0 unspecified atom stereocenters. The molecule has 1 heterocycles. The Kier molecular flexibility index (Phi) is 5.55. The lowest BCUT2D eigenvalue weighted by atomic mass is 10.2. The smallest absolute Gasteiger partial charge is 0.134 e. The fourth-order valence-electron chi connectivity index (χ4n) is 2.20. The van der Waals surface area contributed by atoms with Gasteiger partial charge in [-0.15, -0.1) is 0 Å². The molecule has 0 radical (unpaired) electrons. The summed E-state index contributed by atoms with van der Waals surface area (Å²) in [6, 6.07) is 12.5. The minimum Gasteiger partial charge on any atom is -0.360 e. The van der Waals surface area contributed by atoms with Crippen LogP contribution in [0.4, 0.5) is 11.6 Å². The fourth-order valence-corrected chi connectivity index (χ4v) is 2.20. The largest absolute Gasteiger partial charge is 0.360 e. The molecule has 0 aliphatic rings. The second-order valence-electron chi connectivity index (χ2n) is 5.35. The summed E-state index contributed by atoms with van der Waals surface area (Å²) >= 11 is 0. The number of unbranched alkanes of at least 4 members (excludes halogenated alkanes) is 1. The van der Waals surface area contributed by atoms with Crippen molar-refractivity contribution in [3.63, 3.8) is 0 Å². The number of nitrogens with zero attached hydrogens (tertiary/aromatic N) is 4. The summed E-state index contributed by atoms with van der Waals surface area (Å²) in [4.78, 5) is 13.1. The Morgan fingerprint density at radius 2 is 1.62 bits per heavy atom. The summed E-state index contributed by atoms with van der Waals surface area (Å²) in [5, 5.41) is 0. The molecule has 0 spiro atoms. The average molecular weight is 284 g/mol. The molecule has 0 atom stereocenters. The minimum atomic E-state index is 0.843. The van der Waals surface area contributed by atoms with Gasteiger partial charge in [-0.05, 0) is 12.0 Å². The predicted octanol–water partition coefficient (Wildman–Crippen LogP) is 3.35.